The molecule has 0 aromatic carbocycles. The molecule has 5 rings (SSSR count). The first kappa shape index (κ1) is 38.2. The average Bonchev–Trinajstić information content (AvgIpc) is 3.43. The largest absolute Gasteiger partial charge is 0.373 e. The summed E-state index contributed by atoms with van der Waals surface area (Å²) in [6, 6.07) is -2.21. The zero-order valence-electron chi connectivity index (χ0n) is 29.9. The molecule has 6 atom stereocenters. The number of likely N-dealkylation sites (tertiary alicyclic amines) is 1. The predicted octanol–water partition coefficient (Wildman–Crippen LogP) is 3.63. The van der Waals surface area contributed by atoms with Crippen molar-refractivity contribution in [2.24, 2.45) is 28.9 Å². The number of nitrogens with one attached hydrogen (secondary N) is 3. The van der Waals surface area contributed by atoms with Crippen LogP contribution >= 0.6 is 22.6 Å². The van der Waals surface area contributed by atoms with Crippen LogP contribution in [0, 0.1) is 23.2 Å². The first-order valence-corrected chi connectivity index (χ1v) is 20.0. The Hall–Kier alpha value is -2.00. The molecule has 2 aliphatic heterocycles. The van der Waals surface area contributed by atoms with E-state index in [4.69, 9.17) is 10.5 Å². The summed E-state index contributed by atoms with van der Waals surface area (Å²) in [6.45, 7) is 11.4. The van der Waals surface area contributed by atoms with Crippen molar-refractivity contribution in [1.29, 1.82) is 0 Å². The number of ketones is 1. The van der Waals surface area contributed by atoms with Gasteiger partial charge in [0, 0.05) is 26.2 Å². The Bertz CT molecular complexity index is 1220. The molecule has 276 valence electrons. The minimum atomic E-state index is -1.07. The number of carbonyl (C=O) groups excluding carboxylic acids is 5. The molecular formula is C36H59IN6O6. The Balaban J connectivity index is 1.28. The van der Waals surface area contributed by atoms with Gasteiger partial charge in [-0.1, -0.05) is 58.8 Å². The van der Waals surface area contributed by atoms with E-state index in [0.29, 0.717) is 25.3 Å². The number of Topliss-reactive ketones (excluding diaryl/α,β-unsaturated/α-hetero) is 1. The molecule has 5 amide bonds. The van der Waals surface area contributed by atoms with Crippen molar-refractivity contribution in [1.82, 2.24) is 25.8 Å². The maximum Gasteiger partial charge on any atom is 0.316 e. The van der Waals surface area contributed by atoms with Crippen LogP contribution in [0.3, 0.4) is 0 Å². The SMILES string of the molecule is C[C@@H]1CN(CC2(NC(=O)NC(I)C(=O)N3CC(C(C)(C)C4CCC4)C[C@H]3C(=O)NC(CC3CCC3)C(=O)C(N)=O)CCCCC2)C[C@H](C)O1. The highest BCUT2D eigenvalue weighted by molar-refractivity contribution is 14.1. The zero-order chi connectivity index (χ0) is 35.5. The monoisotopic (exact) mass is 798 g/mol. The molecule has 0 aromatic heterocycles. The molecule has 3 aliphatic carbocycles. The van der Waals surface area contributed by atoms with Crippen LogP contribution in [0.1, 0.15) is 111 Å². The molecule has 0 spiro atoms. The van der Waals surface area contributed by atoms with Gasteiger partial charge < -0.3 is 31.3 Å². The fraction of sp³-hybridized carbons (Fsp3) is 0.861. The third-order valence-electron chi connectivity index (χ3n) is 12.5. The standard InChI is InChI=1S/C36H59IN6O6/c1-22-18-42(19-23(2)49-22)21-36(14-6-5-7-15-36)41-34(48)40-30(37)33(47)43-20-26(35(3,4)25-12-9-13-25)17-28(43)32(46)39-27(29(44)31(38)45)16-24-10-8-11-24/h22-28,30H,5-21H2,1-4H3,(H2,38,45)(H,39,46)(H2,40,41,48)/t22-,23+,26?,27?,28-,30?/m0/s1. The second kappa shape index (κ2) is 16.1. The molecule has 2 heterocycles. The molecule has 0 aromatic rings. The van der Waals surface area contributed by atoms with Crippen molar-refractivity contribution in [2.75, 3.05) is 26.2 Å². The molecular weight excluding hydrogens is 739 g/mol. The number of hydrogen-bond donors (Lipinski definition) is 4. The van der Waals surface area contributed by atoms with Crippen LogP contribution in [-0.2, 0) is 23.9 Å². The molecule has 12 nitrogen and oxygen atoms in total. The zero-order valence-corrected chi connectivity index (χ0v) is 32.1. The summed E-state index contributed by atoms with van der Waals surface area (Å²) in [5, 5.41) is 9.04. The second-order valence-corrected chi connectivity index (χ2v) is 17.7. The fourth-order valence-electron chi connectivity index (χ4n) is 9.08. The summed E-state index contributed by atoms with van der Waals surface area (Å²) in [5.41, 5.74) is 4.89. The second-order valence-electron chi connectivity index (χ2n) is 16.5. The van der Waals surface area contributed by atoms with E-state index in [9.17, 15) is 24.0 Å². The van der Waals surface area contributed by atoms with E-state index in [0.717, 1.165) is 83.8 Å². The number of primary amides is 1. The van der Waals surface area contributed by atoms with Crippen LogP contribution in [0.25, 0.3) is 0 Å². The predicted molar refractivity (Wildman–Crippen MR) is 195 cm³/mol. The highest BCUT2D eigenvalue weighted by Crippen LogP contribution is 2.50. The topological polar surface area (TPSA) is 163 Å². The lowest BCUT2D eigenvalue weighted by Gasteiger charge is -2.45. The normalized spacial score (nSPS) is 29.2. The number of amides is 5. The summed E-state index contributed by atoms with van der Waals surface area (Å²) in [4.78, 5) is 70.4. The molecule has 0 bridgehead atoms. The lowest BCUT2D eigenvalue weighted by molar-refractivity contribution is -0.141. The first-order chi connectivity index (χ1) is 23.2. The van der Waals surface area contributed by atoms with E-state index in [1.807, 2.05) is 22.6 Å². The average molecular weight is 799 g/mol. The van der Waals surface area contributed by atoms with Crippen LogP contribution < -0.4 is 21.7 Å². The fourth-order valence-corrected chi connectivity index (χ4v) is 9.72. The van der Waals surface area contributed by atoms with Crippen molar-refractivity contribution in [3.05, 3.63) is 0 Å². The summed E-state index contributed by atoms with van der Waals surface area (Å²) in [5.74, 6) is -1.81. The van der Waals surface area contributed by atoms with E-state index in [1.165, 1.54) is 6.42 Å². The number of halogens is 1. The summed E-state index contributed by atoms with van der Waals surface area (Å²) in [7, 11) is 0. The molecule has 49 heavy (non-hydrogen) atoms. The van der Waals surface area contributed by atoms with Gasteiger partial charge in [-0.15, -0.1) is 0 Å². The molecule has 5 aliphatic rings. The minimum absolute atomic E-state index is 0.0654. The Morgan fingerprint density at radius 1 is 0.898 bits per heavy atom. The van der Waals surface area contributed by atoms with Gasteiger partial charge in [-0.05, 0) is 98.1 Å². The van der Waals surface area contributed by atoms with Gasteiger partial charge in [-0.25, -0.2) is 4.79 Å². The lowest BCUT2D eigenvalue weighted by atomic mass is 9.61. The lowest BCUT2D eigenvalue weighted by Crippen LogP contribution is -2.62. The summed E-state index contributed by atoms with van der Waals surface area (Å²) >= 11 is 1.96. The molecule has 2 saturated heterocycles. The van der Waals surface area contributed by atoms with Crippen molar-refractivity contribution in [3.8, 4) is 0 Å². The highest BCUT2D eigenvalue weighted by Gasteiger charge is 2.50. The number of morpholine rings is 1. The first-order valence-electron chi connectivity index (χ1n) is 18.7. The third-order valence-corrected chi connectivity index (χ3v) is 13.3. The van der Waals surface area contributed by atoms with Crippen LogP contribution in [-0.4, -0.2) is 99.4 Å². The quantitative estimate of drug-likeness (QED) is 0.0958. The molecule has 0 radical (unpaired) electrons. The van der Waals surface area contributed by atoms with E-state index in [1.54, 1.807) is 4.90 Å². The number of carbonyl (C=O) groups is 5. The van der Waals surface area contributed by atoms with Crippen molar-refractivity contribution < 1.29 is 28.7 Å². The van der Waals surface area contributed by atoms with Gasteiger partial charge in [-0.3, -0.25) is 24.1 Å². The van der Waals surface area contributed by atoms with Crippen molar-refractivity contribution in [2.45, 2.75) is 145 Å². The van der Waals surface area contributed by atoms with Gasteiger partial charge in [0.25, 0.3) is 11.8 Å². The van der Waals surface area contributed by atoms with Gasteiger partial charge in [-0.2, -0.15) is 0 Å². The number of alkyl halides is 1. The number of nitrogens with two attached hydrogens (primary N) is 1. The van der Waals surface area contributed by atoms with Crippen LogP contribution in [0.15, 0.2) is 0 Å². The van der Waals surface area contributed by atoms with Crippen LogP contribution in [0.4, 0.5) is 4.79 Å². The number of ether oxygens (including phenoxy) is 1. The van der Waals surface area contributed by atoms with E-state index < -0.39 is 39.3 Å². The Labute approximate surface area is 305 Å². The Kier molecular flexibility index (Phi) is 12.6. The highest BCUT2D eigenvalue weighted by atomic mass is 127. The molecule has 3 unspecified atom stereocenters. The van der Waals surface area contributed by atoms with Crippen molar-refractivity contribution >= 4 is 52.1 Å². The number of urea groups is 1. The number of rotatable bonds is 13. The van der Waals surface area contributed by atoms with E-state index >= 15 is 0 Å². The van der Waals surface area contributed by atoms with Gasteiger partial charge >= 0.3 is 6.03 Å². The van der Waals surface area contributed by atoms with Gasteiger partial charge in [0.2, 0.25) is 11.7 Å². The van der Waals surface area contributed by atoms with Gasteiger partial charge in [0.05, 0.1) is 23.8 Å². The van der Waals surface area contributed by atoms with Crippen LogP contribution in [0.5, 0.6) is 0 Å². The van der Waals surface area contributed by atoms with Gasteiger partial charge in [0.1, 0.15) is 6.04 Å². The van der Waals surface area contributed by atoms with E-state index in [2.05, 4.69) is 48.5 Å². The maximum absolute atomic E-state index is 14.2. The number of hydrogen-bond acceptors (Lipinski definition) is 7. The molecule has 3 saturated carbocycles. The molecule has 13 heteroatoms. The third kappa shape index (κ3) is 9.27. The molecule has 5 fully saturated rings. The Morgan fingerprint density at radius 2 is 1.53 bits per heavy atom. The van der Waals surface area contributed by atoms with Crippen molar-refractivity contribution in [3.63, 3.8) is 0 Å². The number of nitrogens with zero attached hydrogens (tertiary/aromatic N) is 2. The minimum Gasteiger partial charge on any atom is -0.373 e. The van der Waals surface area contributed by atoms with Gasteiger partial charge in [0.15, 0.2) is 4.05 Å². The van der Waals surface area contributed by atoms with Crippen LogP contribution in [0.2, 0.25) is 0 Å². The summed E-state index contributed by atoms with van der Waals surface area (Å²) < 4.78 is 5.04. The smallest absolute Gasteiger partial charge is 0.316 e. The summed E-state index contributed by atoms with van der Waals surface area (Å²) in [6.07, 6.45) is 12.4. The van der Waals surface area contributed by atoms with E-state index in [-0.39, 0.29) is 41.4 Å². The molecule has 5 N–H and O–H groups in total. The maximum atomic E-state index is 14.2. The Morgan fingerprint density at radius 3 is 2.08 bits per heavy atom.